The van der Waals surface area contributed by atoms with Crippen LogP contribution in [0.25, 0.3) is 0 Å². The molecule has 0 N–H and O–H groups in total. The van der Waals surface area contributed by atoms with Crippen molar-refractivity contribution in [2.45, 2.75) is 39.5 Å². The van der Waals surface area contributed by atoms with E-state index >= 15 is 0 Å². The molecule has 0 radical (unpaired) electrons. The fourth-order valence-electron chi connectivity index (χ4n) is 2.63. The van der Waals surface area contributed by atoms with Gasteiger partial charge in [-0.2, -0.15) is 0 Å². The van der Waals surface area contributed by atoms with E-state index in [4.69, 9.17) is 0 Å². The van der Waals surface area contributed by atoms with Gasteiger partial charge >= 0.3 is 0 Å². The molecule has 56 valence electrons. The van der Waals surface area contributed by atoms with Crippen molar-refractivity contribution in [2.24, 2.45) is 10.8 Å². The van der Waals surface area contributed by atoms with Crippen LogP contribution in [0.3, 0.4) is 0 Å². The van der Waals surface area contributed by atoms with Crippen molar-refractivity contribution in [2.75, 3.05) is 0 Å². The summed E-state index contributed by atoms with van der Waals surface area (Å²) in [7, 11) is 0. The van der Waals surface area contributed by atoms with Crippen LogP contribution in [0.5, 0.6) is 0 Å². The van der Waals surface area contributed by atoms with Gasteiger partial charge in [-0.05, 0) is 30.1 Å². The first-order valence-electron chi connectivity index (χ1n) is 4.34. The van der Waals surface area contributed by atoms with Crippen LogP contribution in [0.2, 0.25) is 0 Å². The Balaban J connectivity index is 2.36. The topological polar surface area (TPSA) is 0 Å². The number of rotatable bonds is 0. The lowest BCUT2D eigenvalue weighted by Gasteiger charge is -2.33. The molecule has 1 fully saturated rings. The summed E-state index contributed by atoms with van der Waals surface area (Å²) in [6.07, 6.45) is 10.4. The first-order valence-corrected chi connectivity index (χ1v) is 4.34. The van der Waals surface area contributed by atoms with Gasteiger partial charge in [-0.1, -0.05) is 32.4 Å². The molecule has 0 aliphatic heterocycles. The highest BCUT2D eigenvalue weighted by atomic mass is 14.5. The summed E-state index contributed by atoms with van der Waals surface area (Å²) in [5.41, 5.74) is 1.19. The molecule has 1 saturated carbocycles. The maximum Gasteiger partial charge on any atom is -0.00898 e. The number of hydrogen-bond acceptors (Lipinski definition) is 0. The average Bonchev–Trinajstić information content (AvgIpc) is 2.20. The normalized spacial score (nSPS) is 51.8. The van der Waals surface area contributed by atoms with Crippen molar-refractivity contribution in [1.29, 1.82) is 0 Å². The SMILES string of the molecule is CC12C=CCC1(C)CCC2. The maximum absolute atomic E-state index is 2.44. The second kappa shape index (κ2) is 1.66. The Hall–Kier alpha value is -0.260. The molecule has 2 unspecified atom stereocenters. The zero-order valence-electron chi connectivity index (χ0n) is 6.98. The Morgan fingerprint density at radius 3 is 2.70 bits per heavy atom. The molecular weight excluding hydrogens is 120 g/mol. The lowest BCUT2D eigenvalue weighted by Crippen LogP contribution is -2.25. The van der Waals surface area contributed by atoms with E-state index < -0.39 is 0 Å². The predicted octanol–water partition coefficient (Wildman–Crippen LogP) is 3.14. The molecular formula is C10H16. The van der Waals surface area contributed by atoms with Crippen molar-refractivity contribution in [3.05, 3.63) is 12.2 Å². The minimum atomic E-state index is 0.562. The minimum absolute atomic E-state index is 0.562. The van der Waals surface area contributed by atoms with Gasteiger partial charge in [0.15, 0.2) is 0 Å². The molecule has 2 aliphatic carbocycles. The maximum atomic E-state index is 2.44. The second-order valence-corrected chi connectivity index (χ2v) is 4.44. The minimum Gasteiger partial charge on any atom is -0.0874 e. The molecule has 2 rings (SSSR count). The van der Waals surface area contributed by atoms with Gasteiger partial charge in [0, 0.05) is 0 Å². The van der Waals surface area contributed by atoms with Gasteiger partial charge in [0.05, 0.1) is 0 Å². The Morgan fingerprint density at radius 1 is 1.20 bits per heavy atom. The monoisotopic (exact) mass is 136 g/mol. The molecule has 0 nitrogen and oxygen atoms in total. The second-order valence-electron chi connectivity index (χ2n) is 4.44. The lowest BCUT2D eigenvalue weighted by atomic mass is 9.71. The molecule has 10 heavy (non-hydrogen) atoms. The smallest absolute Gasteiger partial charge is 0.00898 e. The molecule has 0 aromatic heterocycles. The quantitative estimate of drug-likeness (QED) is 0.449. The molecule has 2 atom stereocenters. The number of fused-ring (bicyclic) bond motifs is 1. The van der Waals surface area contributed by atoms with Crippen LogP contribution in [0.15, 0.2) is 12.2 Å². The Labute approximate surface area is 63.3 Å². The summed E-state index contributed by atoms with van der Waals surface area (Å²) in [5.74, 6) is 0. The van der Waals surface area contributed by atoms with Gasteiger partial charge in [0.2, 0.25) is 0 Å². The van der Waals surface area contributed by atoms with Crippen molar-refractivity contribution in [3.63, 3.8) is 0 Å². The highest BCUT2D eigenvalue weighted by Crippen LogP contribution is 2.58. The van der Waals surface area contributed by atoms with Gasteiger partial charge < -0.3 is 0 Å². The third kappa shape index (κ3) is 0.574. The van der Waals surface area contributed by atoms with E-state index in [-0.39, 0.29) is 0 Å². The molecule has 0 heterocycles. The van der Waals surface area contributed by atoms with E-state index in [9.17, 15) is 0 Å². The van der Waals surface area contributed by atoms with E-state index in [1.807, 2.05) is 0 Å². The Morgan fingerprint density at radius 2 is 2.00 bits per heavy atom. The summed E-state index contributed by atoms with van der Waals surface area (Å²) in [6.45, 7) is 4.86. The summed E-state index contributed by atoms with van der Waals surface area (Å²) in [5, 5.41) is 0. The van der Waals surface area contributed by atoms with Crippen molar-refractivity contribution in [1.82, 2.24) is 0 Å². The fraction of sp³-hybridized carbons (Fsp3) is 0.800. The Bertz CT molecular complexity index is 180. The van der Waals surface area contributed by atoms with Gasteiger partial charge in [0.1, 0.15) is 0 Å². The van der Waals surface area contributed by atoms with Crippen LogP contribution >= 0.6 is 0 Å². The van der Waals surface area contributed by atoms with E-state index in [1.165, 1.54) is 25.7 Å². The third-order valence-electron chi connectivity index (χ3n) is 3.86. The van der Waals surface area contributed by atoms with E-state index in [0.717, 1.165) is 0 Å². The van der Waals surface area contributed by atoms with Crippen molar-refractivity contribution < 1.29 is 0 Å². The summed E-state index contributed by atoms with van der Waals surface area (Å²) in [6, 6.07) is 0. The largest absolute Gasteiger partial charge is 0.0874 e. The summed E-state index contributed by atoms with van der Waals surface area (Å²) in [4.78, 5) is 0. The van der Waals surface area contributed by atoms with Crippen LogP contribution in [0.4, 0.5) is 0 Å². The average molecular weight is 136 g/mol. The third-order valence-corrected chi connectivity index (χ3v) is 3.86. The Kier molecular flexibility index (Phi) is 1.07. The fourth-order valence-corrected chi connectivity index (χ4v) is 2.63. The molecule has 0 spiro atoms. The van der Waals surface area contributed by atoms with Crippen LogP contribution in [0.1, 0.15) is 39.5 Å². The van der Waals surface area contributed by atoms with Crippen molar-refractivity contribution >= 4 is 0 Å². The molecule has 2 aliphatic rings. The van der Waals surface area contributed by atoms with Crippen molar-refractivity contribution in [3.8, 4) is 0 Å². The standard InChI is InChI=1S/C10H16/c1-9-5-3-7-10(9,2)8-4-6-9/h3,5H,4,6-8H2,1-2H3. The van der Waals surface area contributed by atoms with Gasteiger partial charge in [0.25, 0.3) is 0 Å². The van der Waals surface area contributed by atoms with Crippen LogP contribution in [0, 0.1) is 10.8 Å². The predicted molar refractivity (Wildman–Crippen MR) is 43.8 cm³/mol. The highest BCUT2D eigenvalue weighted by Gasteiger charge is 2.48. The molecule has 0 aromatic rings. The van der Waals surface area contributed by atoms with Gasteiger partial charge in [-0.25, -0.2) is 0 Å². The van der Waals surface area contributed by atoms with Gasteiger partial charge in [-0.3, -0.25) is 0 Å². The van der Waals surface area contributed by atoms with Gasteiger partial charge in [-0.15, -0.1) is 0 Å². The first-order chi connectivity index (χ1) is 4.66. The zero-order valence-corrected chi connectivity index (χ0v) is 6.98. The molecule has 0 saturated heterocycles. The zero-order chi connectivity index (χ0) is 7.24. The summed E-state index contributed by atoms with van der Waals surface area (Å²) >= 11 is 0. The summed E-state index contributed by atoms with van der Waals surface area (Å²) < 4.78 is 0. The van der Waals surface area contributed by atoms with E-state index in [1.54, 1.807) is 0 Å². The lowest BCUT2D eigenvalue weighted by molar-refractivity contribution is 0.190. The first kappa shape index (κ1) is 6.45. The highest BCUT2D eigenvalue weighted by molar-refractivity contribution is 5.17. The number of allylic oxidation sites excluding steroid dienone is 2. The molecule has 0 aromatic carbocycles. The number of hydrogen-bond donors (Lipinski definition) is 0. The van der Waals surface area contributed by atoms with Crippen LogP contribution in [-0.4, -0.2) is 0 Å². The van der Waals surface area contributed by atoms with E-state index in [2.05, 4.69) is 26.0 Å². The molecule has 0 amide bonds. The van der Waals surface area contributed by atoms with E-state index in [0.29, 0.717) is 10.8 Å². The molecule has 0 bridgehead atoms. The molecule has 0 heteroatoms. The van der Waals surface area contributed by atoms with Crippen LogP contribution < -0.4 is 0 Å². The van der Waals surface area contributed by atoms with Crippen LogP contribution in [-0.2, 0) is 0 Å².